The highest BCUT2D eigenvalue weighted by molar-refractivity contribution is 9.10. The van der Waals surface area contributed by atoms with E-state index in [0.29, 0.717) is 5.89 Å². The number of nitrogens with zero attached hydrogens (tertiary/aromatic N) is 2. The van der Waals surface area contributed by atoms with Gasteiger partial charge < -0.3 is 10.2 Å². The predicted octanol–water partition coefficient (Wildman–Crippen LogP) is 2.81. The van der Waals surface area contributed by atoms with E-state index in [0.717, 1.165) is 21.8 Å². The molecule has 0 saturated heterocycles. The van der Waals surface area contributed by atoms with E-state index < -0.39 is 17.2 Å². The molecule has 2 aromatic rings. The van der Waals surface area contributed by atoms with Crippen LogP contribution in [0, 0.1) is 5.92 Å². The van der Waals surface area contributed by atoms with Crippen molar-refractivity contribution in [2.45, 2.75) is 24.3 Å². The molecule has 23 heavy (non-hydrogen) atoms. The van der Waals surface area contributed by atoms with E-state index in [4.69, 9.17) is 10.2 Å². The fourth-order valence-electron chi connectivity index (χ4n) is 1.79. The normalized spacial score (nSPS) is 12.2. The Bertz CT molecular complexity index is 720. The summed E-state index contributed by atoms with van der Waals surface area (Å²) in [6.07, 6.45) is 0. The monoisotopic (exact) mass is 398 g/mol. The molecule has 0 saturated carbocycles. The van der Waals surface area contributed by atoms with Gasteiger partial charge >= 0.3 is 6.03 Å². The van der Waals surface area contributed by atoms with Gasteiger partial charge in [0.05, 0.1) is 5.25 Å². The maximum atomic E-state index is 12.0. The second-order valence-corrected chi connectivity index (χ2v) is 7.03. The number of carbonyl (C=O) groups is 2. The van der Waals surface area contributed by atoms with Crippen LogP contribution in [0.2, 0.25) is 0 Å². The van der Waals surface area contributed by atoms with Crippen LogP contribution in [0.15, 0.2) is 38.4 Å². The van der Waals surface area contributed by atoms with Gasteiger partial charge in [0.25, 0.3) is 5.22 Å². The van der Waals surface area contributed by atoms with Crippen LogP contribution in [0.4, 0.5) is 4.79 Å². The molecule has 1 atom stereocenters. The third-order valence-corrected chi connectivity index (χ3v) is 4.69. The van der Waals surface area contributed by atoms with Crippen molar-refractivity contribution < 1.29 is 14.0 Å². The Hall–Kier alpha value is -1.87. The number of rotatable bonds is 5. The number of thioether (sulfide) groups is 1. The summed E-state index contributed by atoms with van der Waals surface area (Å²) in [4.78, 5) is 22.8. The third kappa shape index (κ3) is 4.80. The van der Waals surface area contributed by atoms with Gasteiger partial charge in [0, 0.05) is 10.0 Å². The van der Waals surface area contributed by atoms with Gasteiger partial charge in [-0.15, -0.1) is 10.2 Å². The third-order valence-electron chi connectivity index (χ3n) is 2.82. The molecule has 0 radical (unpaired) electrons. The zero-order chi connectivity index (χ0) is 17.0. The van der Waals surface area contributed by atoms with Crippen LogP contribution in [-0.4, -0.2) is 27.4 Å². The minimum atomic E-state index is -0.887. The molecule has 3 N–H and O–H groups in total. The summed E-state index contributed by atoms with van der Waals surface area (Å²) in [7, 11) is 0. The number of amides is 3. The molecule has 1 aromatic carbocycles. The lowest BCUT2D eigenvalue weighted by molar-refractivity contribution is -0.120. The van der Waals surface area contributed by atoms with Crippen LogP contribution in [0.3, 0.4) is 0 Å². The molecule has 122 valence electrons. The van der Waals surface area contributed by atoms with E-state index in [2.05, 4.69) is 31.4 Å². The molecule has 0 aliphatic carbocycles. The van der Waals surface area contributed by atoms with Gasteiger partial charge in [-0.2, -0.15) is 0 Å². The van der Waals surface area contributed by atoms with Gasteiger partial charge in [-0.3, -0.25) is 10.1 Å². The topological polar surface area (TPSA) is 111 Å². The Morgan fingerprint density at radius 2 is 2.09 bits per heavy atom. The molecule has 0 aliphatic rings. The van der Waals surface area contributed by atoms with Crippen molar-refractivity contribution in [1.82, 2.24) is 15.5 Å². The Kier molecular flexibility index (Phi) is 5.78. The number of aromatic nitrogens is 2. The molecular formula is C14H15BrN4O3S. The number of primary amides is 1. The van der Waals surface area contributed by atoms with E-state index in [9.17, 15) is 9.59 Å². The van der Waals surface area contributed by atoms with Gasteiger partial charge in [-0.25, -0.2) is 4.79 Å². The van der Waals surface area contributed by atoms with Crippen molar-refractivity contribution in [2.75, 3.05) is 0 Å². The number of hydrogen-bond donors (Lipinski definition) is 2. The predicted molar refractivity (Wildman–Crippen MR) is 89.6 cm³/mol. The molecule has 1 aromatic heterocycles. The number of carbonyl (C=O) groups excluding carboxylic acids is 2. The molecule has 0 spiro atoms. The fraction of sp³-hybridized carbons (Fsp3) is 0.286. The number of hydrogen-bond acceptors (Lipinski definition) is 6. The molecule has 0 bridgehead atoms. The number of urea groups is 1. The fourth-order valence-corrected chi connectivity index (χ4v) is 3.06. The number of nitrogens with two attached hydrogens (primary N) is 1. The maximum absolute atomic E-state index is 12.0. The number of nitrogens with one attached hydrogen (secondary N) is 1. The van der Waals surface area contributed by atoms with Crippen molar-refractivity contribution in [3.05, 3.63) is 28.7 Å². The van der Waals surface area contributed by atoms with Crippen molar-refractivity contribution in [2.24, 2.45) is 11.7 Å². The summed E-state index contributed by atoms with van der Waals surface area (Å²) in [5, 5.41) is 9.67. The zero-order valence-electron chi connectivity index (χ0n) is 12.4. The second kappa shape index (κ2) is 7.60. The number of benzene rings is 1. The SMILES string of the molecule is CC(C)[C@H](Sc1nnc(-c2cccc(Br)c2)o1)C(=O)NC(N)=O. The molecule has 1 heterocycles. The minimum absolute atomic E-state index is 0.0550. The summed E-state index contributed by atoms with van der Waals surface area (Å²) in [5.41, 5.74) is 5.75. The first-order valence-corrected chi connectivity index (χ1v) is 8.40. The average Bonchev–Trinajstić information content (AvgIpc) is 2.92. The number of halogens is 1. The van der Waals surface area contributed by atoms with E-state index in [1.54, 1.807) is 0 Å². The van der Waals surface area contributed by atoms with Gasteiger partial charge in [0.1, 0.15) is 0 Å². The van der Waals surface area contributed by atoms with Crippen LogP contribution in [0.5, 0.6) is 0 Å². The molecule has 7 nitrogen and oxygen atoms in total. The standard InChI is InChI=1S/C14H15BrN4O3S/c1-7(2)10(11(20)17-13(16)21)23-14-19-18-12(22-14)8-4-3-5-9(15)6-8/h3-7,10H,1-2H3,(H3,16,17,20,21)/t10-/m0/s1. The van der Waals surface area contributed by atoms with E-state index >= 15 is 0 Å². The summed E-state index contributed by atoms with van der Waals surface area (Å²) in [6.45, 7) is 3.70. The molecule has 2 rings (SSSR count). The molecule has 0 fully saturated rings. The van der Waals surface area contributed by atoms with Gasteiger partial charge in [-0.05, 0) is 24.1 Å². The quantitative estimate of drug-likeness (QED) is 0.748. The molecular weight excluding hydrogens is 384 g/mol. The largest absolute Gasteiger partial charge is 0.411 e. The Morgan fingerprint density at radius 1 is 1.35 bits per heavy atom. The minimum Gasteiger partial charge on any atom is -0.411 e. The van der Waals surface area contributed by atoms with E-state index in [-0.39, 0.29) is 11.1 Å². The first kappa shape index (κ1) is 17.5. The van der Waals surface area contributed by atoms with E-state index in [1.807, 2.05) is 38.1 Å². The highest BCUT2D eigenvalue weighted by Gasteiger charge is 2.27. The first-order chi connectivity index (χ1) is 10.9. The Balaban J connectivity index is 2.16. The summed E-state index contributed by atoms with van der Waals surface area (Å²) in [5.74, 6) is -0.188. The van der Waals surface area contributed by atoms with Crippen LogP contribution in [0.1, 0.15) is 13.8 Å². The first-order valence-electron chi connectivity index (χ1n) is 6.73. The van der Waals surface area contributed by atoms with Crippen LogP contribution >= 0.6 is 27.7 Å². The highest BCUT2D eigenvalue weighted by atomic mass is 79.9. The lowest BCUT2D eigenvalue weighted by Crippen LogP contribution is -2.42. The van der Waals surface area contributed by atoms with Crippen molar-refractivity contribution >= 4 is 39.6 Å². The highest BCUT2D eigenvalue weighted by Crippen LogP contribution is 2.30. The molecule has 0 aliphatic heterocycles. The maximum Gasteiger partial charge on any atom is 0.318 e. The number of imide groups is 1. The van der Waals surface area contributed by atoms with Crippen molar-refractivity contribution in [3.63, 3.8) is 0 Å². The van der Waals surface area contributed by atoms with Gasteiger partial charge in [0.15, 0.2) is 0 Å². The Labute approximate surface area is 145 Å². The Morgan fingerprint density at radius 3 is 2.70 bits per heavy atom. The van der Waals surface area contributed by atoms with Gasteiger partial charge in [-0.1, -0.05) is 47.6 Å². The summed E-state index contributed by atoms with van der Waals surface area (Å²) >= 11 is 4.47. The molecule has 0 unspecified atom stereocenters. The summed E-state index contributed by atoms with van der Waals surface area (Å²) in [6, 6.07) is 6.54. The van der Waals surface area contributed by atoms with Gasteiger partial charge in [0.2, 0.25) is 11.8 Å². The molecule has 9 heteroatoms. The average molecular weight is 399 g/mol. The van der Waals surface area contributed by atoms with Crippen molar-refractivity contribution in [1.29, 1.82) is 0 Å². The zero-order valence-corrected chi connectivity index (χ0v) is 14.8. The van der Waals surface area contributed by atoms with Crippen LogP contribution in [-0.2, 0) is 4.79 Å². The lowest BCUT2D eigenvalue weighted by atomic mass is 10.1. The smallest absolute Gasteiger partial charge is 0.318 e. The van der Waals surface area contributed by atoms with E-state index in [1.165, 1.54) is 0 Å². The second-order valence-electron chi connectivity index (χ2n) is 5.02. The van der Waals surface area contributed by atoms with Crippen LogP contribution in [0.25, 0.3) is 11.5 Å². The summed E-state index contributed by atoms with van der Waals surface area (Å²) < 4.78 is 6.48. The van der Waals surface area contributed by atoms with Crippen LogP contribution < -0.4 is 11.1 Å². The van der Waals surface area contributed by atoms with Crippen molar-refractivity contribution in [3.8, 4) is 11.5 Å². The lowest BCUT2D eigenvalue weighted by Gasteiger charge is -2.16. The molecule has 3 amide bonds.